The van der Waals surface area contributed by atoms with Gasteiger partial charge in [-0.15, -0.1) is 5.10 Å². The summed E-state index contributed by atoms with van der Waals surface area (Å²) >= 11 is 0. The van der Waals surface area contributed by atoms with E-state index in [4.69, 9.17) is 0 Å². The summed E-state index contributed by atoms with van der Waals surface area (Å²) in [6.07, 6.45) is 4.35. The van der Waals surface area contributed by atoms with E-state index in [0.29, 0.717) is 18.5 Å². The molecule has 6 rings (SSSR count). The Morgan fingerprint density at radius 3 is 2.53 bits per heavy atom. The first-order chi connectivity index (χ1) is 16.6. The summed E-state index contributed by atoms with van der Waals surface area (Å²) in [5.41, 5.74) is 3.53. The van der Waals surface area contributed by atoms with E-state index in [2.05, 4.69) is 71.3 Å². The van der Waals surface area contributed by atoms with Gasteiger partial charge in [-0.3, -0.25) is 4.79 Å². The molecule has 2 bridgehead atoms. The van der Waals surface area contributed by atoms with E-state index in [1.165, 1.54) is 10.5 Å². The van der Waals surface area contributed by atoms with Crippen molar-refractivity contribution in [2.75, 3.05) is 20.1 Å². The molecule has 4 heterocycles. The van der Waals surface area contributed by atoms with Crippen LogP contribution in [0.5, 0.6) is 0 Å². The molecule has 3 fully saturated rings. The van der Waals surface area contributed by atoms with Gasteiger partial charge in [0, 0.05) is 24.9 Å². The van der Waals surface area contributed by atoms with Crippen LogP contribution in [0.4, 0.5) is 0 Å². The van der Waals surface area contributed by atoms with Crippen molar-refractivity contribution in [3.63, 3.8) is 0 Å². The fraction of sp³-hybridized carbons (Fsp3) is 0.444. The molecule has 1 aromatic heterocycles. The highest BCUT2D eigenvalue weighted by Gasteiger charge is 2.46. The fourth-order valence-corrected chi connectivity index (χ4v) is 5.79. The van der Waals surface area contributed by atoms with Crippen LogP contribution < -0.4 is 15.1 Å². The van der Waals surface area contributed by atoms with E-state index >= 15 is 0 Å². The molecule has 3 aromatic rings. The monoisotopic (exact) mass is 460 g/mol. The Morgan fingerprint density at radius 1 is 1.09 bits per heavy atom. The van der Waals surface area contributed by atoms with E-state index in [1.54, 1.807) is 4.90 Å². The van der Waals surface area contributed by atoms with Crippen molar-refractivity contribution in [2.24, 2.45) is 11.8 Å². The molecule has 3 aliphatic heterocycles. The van der Waals surface area contributed by atoms with Gasteiger partial charge in [-0.1, -0.05) is 65.9 Å². The zero-order valence-electron chi connectivity index (χ0n) is 20.0. The van der Waals surface area contributed by atoms with Crippen molar-refractivity contribution in [1.29, 1.82) is 0 Å². The van der Waals surface area contributed by atoms with Crippen LogP contribution in [0.1, 0.15) is 29.7 Å². The Kier molecular flexibility index (Phi) is 7.02. The minimum absolute atomic E-state index is 0.130. The van der Waals surface area contributed by atoms with Gasteiger partial charge in [0.15, 0.2) is 0 Å². The molecule has 0 aliphatic carbocycles. The number of quaternary nitrogens is 2. The van der Waals surface area contributed by atoms with Crippen LogP contribution in [0.3, 0.4) is 0 Å². The van der Waals surface area contributed by atoms with Crippen molar-refractivity contribution in [3.8, 4) is 0 Å². The Morgan fingerprint density at radius 2 is 1.82 bits per heavy atom. The number of carbonyl (C=O) groups excluding carboxylic acids is 1. The number of benzene rings is 2. The number of aromatic nitrogens is 3. The Hall–Kier alpha value is -3.03. The molecule has 3 saturated heterocycles. The quantitative estimate of drug-likeness (QED) is 0.424. The summed E-state index contributed by atoms with van der Waals surface area (Å²) in [4.78, 5) is 15.9. The lowest BCUT2D eigenvalue weighted by Gasteiger charge is -2.46. The maximum Gasteiger partial charge on any atom is 0.229 e. The van der Waals surface area contributed by atoms with Gasteiger partial charge in [0.1, 0.15) is 24.8 Å². The topological polar surface area (TPSA) is 68.7 Å². The number of amides is 1. The average molecular weight is 461 g/mol. The van der Waals surface area contributed by atoms with Gasteiger partial charge in [-0.2, -0.15) is 0 Å². The summed E-state index contributed by atoms with van der Waals surface area (Å²) in [5.74, 6) is 0.824. The minimum atomic E-state index is 0.130. The molecule has 3 aliphatic rings. The molecular weight excluding hydrogens is 424 g/mol. The number of hydrogen-bond donors (Lipinski definition) is 3. The number of rotatable bonds is 9. The molecular formula is C27H36N6O+2. The number of fused-ring (bicyclic) bond motifs is 3. The first-order valence-electron chi connectivity index (χ1n) is 12.5. The Bertz CT molecular complexity index is 1070. The SMILES string of the molecule is C[NH+](Cc1ccccc1)Cc1cn(C[C@H]2C[C@H]3CC[NH+]2C[C@@H]3C(=O)NCc2ccccc2)nn1. The maximum absolute atomic E-state index is 12.9. The van der Waals surface area contributed by atoms with Crippen LogP contribution in [0.25, 0.3) is 0 Å². The first-order valence-corrected chi connectivity index (χ1v) is 12.5. The predicted octanol–water partition coefficient (Wildman–Crippen LogP) is 0.103. The molecule has 3 N–H and O–H groups in total. The van der Waals surface area contributed by atoms with Crippen LogP contribution in [0.2, 0.25) is 0 Å². The number of piperidine rings is 3. The van der Waals surface area contributed by atoms with Gasteiger partial charge in [0.2, 0.25) is 5.91 Å². The normalized spacial score (nSPS) is 24.6. The second kappa shape index (κ2) is 10.5. The van der Waals surface area contributed by atoms with Crippen LogP contribution in [-0.2, 0) is 31.0 Å². The molecule has 34 heavy (non-hydrogen) atoms. The van der Waals surface area contributed by atoms with Crippen molar-refractivity contribution in [1.82, 2.24) is 20.3 Å². The molecule has 2 unspecified atom stereocenters. The maximum atomic E-state index is 12.9. The molecule has 0 saturated carbocycles. The Balaban J connectivity index is 1.11. The molecule has 7 heteroatoms. The highest BCUT2D eigenvalue weighted by atomic mass is 16.1. The molecule has 0 radical (unpaired) electrons. The average Bonchev–Trinajstić information content (AvgIpc) is 3.30. The third-order valence-corrected chi connectivity index (χ3v) is 7.52. The molecule has 1 amide bonds. The lowest BCUT2D eigenvalue weighted by atomic mass is 9.75. The molecule has 7 nitrogen and oxygen atoms in total. The van der Waals surface area contributed by atoms with E-state index < -0.39 is 0 Å². The van der Waals surface area contributed by atoms with Crippen LogP contribution in [0.15, 0.2) is 66.9 Å². The molecule has 2 aromatic carbocycles. The summed E-state index contributed by atoms with van der Waals surface area (Å²) in [6, 6.07) is 21.3. The highest BCUT2D eigenvalue weighted by Crippen LogP contribution is 2.27. The predicted molar refractivity (Wildman–Crippen MR) is 130 cm³/mol. The number of carbonyl (C=O) groups is 1. The third-order valence-electron chi connectivity index (χ3n) is 7.52. The van der Waals surface area contributed by atoms with Crippen LogP contribution >= 0.6 is 0 Å². The second-order valence-corrected chi connectivity index (χ2v) is 10.1. The van der Waals surface area contributed by atoms with E-state index in [-0.39, 0.29) is 11.8 Å². The van der Waals surface area contributed by atoms with Gasteiger partial charge in [-0.05, 0) is 11.5 Å². The van der Waals surface area contributed by atoms with Crippen molar-refractivity contribution < 1.29 is 14.6 Å². The zero-order chi connectivity index (χ0) is 23.3. The van der Waals surface area contributed by atoms with Crippen LogP contribution in [-0.4, -0.2) is 47.1 Å². The van der Waals surface area contributed by atoms with Crippen LogP contribution in [0, 0.1) is 11.8 Å². The lowest BCUT2D eigenvalue weighted by Crippen LogP contribution is -3.20. The zero-order valence-corrected chi connectivity index (χ0v) is 20.0. The molecule has 5 atom stereocenters. The summed E-state index contributed by atoms with van der Waals surface area (Å²) < 4.78 is 2.02. The minimum Gasteiger partial charge on any atom is -0.352 e. The number of hydrogen-bond acceptors (Lipinski definition) is 3. The second-order valence-electron chi connectivity index (χ2n) is 10.1. The first kappa shape index (κ1) is 22.7. The highest BCUT2D eigenvalue weighted by molar-refractivity contribution is 5.79. The van der Waals surface area contributed by atoms with Gasteiger partial charge in [0.25, 0.3) is 0 Å². The Labute approximate surface area is 201 Å². The van der Waals surface area contributed by atoms with Gasteiger partial charge < -0.3 is 15.1 Å². The summed E-state index contributed by atoms with van der Waals surface area (Å²) in [7, 11) is 2.20. The van der Waals surface area contributed by atoms with E-state index in [0.717, 1.165) is 56.8 Å². The largest absolute Gasteiger partial charge is 0.352 e. The van der Waals surface area contributed by atoms with Crippen molar-refractivity contribution in [2.45, 2.75) is 45.1 Å². The van der Waals surface area contributed by atoms with Crippen molar-refractivity contribution in [3.05, 3.63) is 83.7 Å². The number of nitrogens with one attached hydrogen (secondary N) is 3. The van der Waals surface area contributed by atoms with Crippen molar-refractivity contribution >= 4 is 5.91 Å². The molecule has 178 valence electrons. The lowest BCUT2D eigenvalue weighted by molar-refractivity contribution is -0.945. The van der Waals surface area contributed by atoms with Gasteiger partial charge in [0.05, 0.1) is 38.8 Å². The van der Waals surface area contributed by atoms with E-state index in [1.807, 2.05) is 22.9 Å². The van der Waals surface area contributed by atoms with Gasteiger partial charge in [-0.25, -0.2) is 4.68 Å². The van der Waals surface area contributed by atoms with Gasteiger partial charge >= 0.3 is 0 Å². The molecule has 0 spiro atoms. The fourth-order valence-electron chi connectivity index (χ4n) is 5.79. The summed E-state index contributed by atoms with van der Waals surface area (Å²) in [5, 5.41) is 12.0. The standard InChI is InChI=1S/C27H34N6O/c1-31(16-22-10-6-3-7-11-22)17-24-18-33(30-29-24)19-25-14-23-12-13-32(25)20-26(23)27(34)28-15-21-8-4-2-5-9-21/h2-11,18,23,25-26H,12-17,19-20H2,1H3,(H,28,34)/p+2/t23-,25-,26+/m1/s1. The smallest absolute Gasteiger partial charge is 0.229 e. The summed E-state index contributed by atoms with van der Waals surface area (Å²) in [6.45, 7) is 5.43. The number of nitrogens with zero attached hydrogens (tertiary/aromatic N) is 3. The third kappa shape index (κ3) is 5.54. The van der Waals surface area contributed by atoms with E-state index in [9.17, 15) is 4.79 Å².